The molecule has 0 aliphatic heterocycles. The summed E-state index contributed by atoms with van der Waals surface area (Å²) in [6.45, 7) is 3.91. The standard InChI is InChI=1S/C14H14ClN5OS/c1-8-6-12(21)20-14(17-13(18-20)22-3)19(8)9(2)10-4-5-11(15)16-7-10/h4-7,9H,1-3H3. The lowest BCUT2D eigenvalue weighted by Gasteiger charge is -2.19. The van der Waals surface area contributed by atoms with Crippen molar-refractivity contribution in [3.05, 3.63) is 51.2 Å². The molecule has 0 radical (unpaired) electrons. The minimum Gasteiger partial charge on any atom is -0.307 e. The van der Waals surface area contributed by atoms with Crippen LogP contribution in [0.3, 0.4) is 0 Å². The minimum absolute atomic E-state index is 0.0493. The molecule has 8 heteroatoms. The third-order valence-corrected chi connectivity index (χ3v) is 4.27. The zero-order chi connectivity index (χ0) is 15.9. The van der Waals surface area contributed by atoms with Gasteiger partial charge in [-0.2, -0.15) is 9.50 Å². The summed E-state index contributed by atoms with van der Waals surface area (Å²) in [7, 11) is 0. The molecule has 1 unspecified atom stereocenters. The van der Waals surface area contributed by atoms with Crippen LogP contribution in [0.5, 0.6) is 0 Å². The Balaban J connectivity index is 2.23. The number of fused-ring (bicyclic) bond motifs is 1. The van der Waals surface area contributed by atoms with E-state index in [-0.39, 0.29) is 11.6 Å². The van der Waals surface area contributed by atoms with E-state index in [2.05, 4.69) is 15.1 Å². The number of hydrogen-bond donors (Lipinski definition) is 0. The van der Waals surface area contributed by atoms with E-state index in [0.29, 0.717) is 16.1 Å². The van der Waals surface area contributed by atoms with Crippen molar-refractivity contribution in [2.75, 3.05) is 6.26 Å². The molecule has 0 saturated heterocycles. The van der Waals surface area contributed by atoms with Gasteiger partial charge in [-0.1, -0.05) is 29.4 Å². The van der Waals surface area contributed by atoms with Crippen LogP contribution in [0.4, 0.5) is 0 Å². The van der Waals surface area contributed by atoms with Crippen LogP contribution in [0.25, 0.3) is 5.78 Å². The Labute approximate surface area is 136 Å². The van der Waals surface area contributed by atoms with E-state index < -0.39 is 0 Å². The number of pyridine rings is 1. The number of nitrogens with zero attached hydrogens (tertiary/aromatic N) is 5. The molecule has 3 rings (SSSR count). The van der Waals surface area contributed by atoms with Gasteiger partial charge in [-0.25, -0.2) is 4.98 Å². The van der Waals surface area contributed by atoms with Gasteiger partial charge in [0.05, 0.1) is 6.04 Å². The van der Waals surface area contributed by atoms with Gasteiger partial charge in [-0.15, -0.1) is 5.10 Å². The molecule has 3 heterocycles. The minimum atomic E-state index is -0.182. The van der Waals surface area contributed by atoms with Gasteiger partial charge in [0.2, 0.25) is 10.9 Å². The summed E-state index contributed by atoms with van der Waals surface area (Å²) in [5, 5.41) is 5.24. The van der Waals surface area contributed by atoms with Crippen molar-refractivity contribution in [2.24, 2.45) is 0 Å². The summed E-state index contributed by atoms with van der Waals surface area (Å²) in [6.07, 6.45) is 3.61. The molecule has 0 aliphatic rings. The molecule has 0 aromatic carbocycles. The first kappa shape index (κ1) is 15.1. The summed E-state index contributed by atoms with van der Waals surface area (Å²) in [5.74, 6) is 0.525. The molecule has 6 nitrogen and oxygen atoms in total. The molecule has 114 valence electrons. The molecular weight excluding hydrogens is 322 g/mol. The van der Waals surface area contributed by atoms with Crippen LogP contribution >= 0.6 is 23.4 Å². The molecule has 0 saturated carbocycles. The van der Waals surface area contributed by atoms with Crippen LogP contribution < -0.4 is 5.56 Å². The van der Waals surface area contributed by atoms with Gasteiger partial charge < -0.3 is 4.57 Å². The maximum atomic E-state index is 12.1. The number of thioether (sulfide) groups is 1. The number of aromatic nitrogens is 5. The summed E-state index contributed by atoms with van der Waals surface area (Å²) in [4.78, 5) is 20.7. The van der Waals surface area contributed by atoms with Gasteiger partial charge in [0.15, 0.2) is 0 Å². The molecule has 22 heavy (non-hydrogen) atoms. The fourth-order valence-corrected chi connectivity index (χ4v) is 2.85. The fourth-order valence-electron chi connectivity index (χ4n) is 2.40. The molecule has 0 spiro atoms. The summed E-state index contributed by atoms with van der Waals surface area (Å²) in [6, 6.07) is 5.18. The Kier molecular flexibility index (Phi) is 3.92. The second-order valence-electron chi connectivity index (χ2n) is 4.89. The Morgan fingerprint density at radius 3 is 2.77 bits per heavy atom. The Morgan fingerprint density at radius 2 is 2.14 bits per heavy atom. The third kappa shape index (κ3) is 2.50. The summed E-state index contributed by atoms with van der Waals surface area (Å²) < 4.78 is 3.30. The van der Waals surface area contributed by atoms with Crippen LogP contribution in [0, 0.1) is 6.92 Å². The molecule has 1 atom stereocenters. The van der Waals surface area contributed by atoms with Crippen LogP contribution in [0.1, 0.15) is 24.2 Å². The topological polar surface area (TPSA) is 65.1 Å². The maximum Gasteiger partial charge on any atom is 0.275 e. The van der Waals surface area contributed by atoms with Crippen molar-refractivity contribution in [3.63, 3.8) is 0 Å². The van der Waals surface area contributed by atoms with E-state index >= 15 is 0 Å². The molecule has 3 aromatic heterocycles. The van der Waals surface area contributed by atoms with Gasteiger partial charge >= 0.3 is 0 Å². The highest BCUT2D eigenvalue weighted by Gasteiger charge is 2.17. The van der Waals surface area contributed by atoms with E-state index in [1.807, 2.05) is 30.7 Å². The molecule has 3 aromatic rings. The third-order valence-electron chi connectivity index (χ3n) is 3.51. The second kappa shape index (κ2) is 5.73. The highest BCUT2D eigenvalue weighted by molar-refractivity contribution is 7.98. The highest BCUT2D eigenvalue weighted by atomic mass is 35.5. The van der Waals surface area contributed by atoms with Crippen LogP contribution in [0.15, 0.2) is 34.3 Å². The maximum absolute atomic E-state index is 12.1. The van der Waals surface area contributed by atoms with Gasteiger partial charge in [-0.05, 0) is 31.7 Å². The number of hydrogen-bond acceptors (Lipinski definition) is 5. The summed E-state index contributed by atoms with van der Waals surface area (Å²) in [5.41, 5.74) is 1.62. The van der Waals surface area contributed by atoms with Gasteiger partial charge in [0, 0.05) is 18.0 Å². The van der Waals surface area contributed by atoms with E-state index in [4.69, 9.17) is 11.6 Å². The average Bonchev–Trinajstić information content (AvgIpc) is 2.92. The predicted molar refractivity (Wildman–Crippen MR) is 86.8 cm³/mol. The first-order chi connectivity index (χ1) is 10.5. The Hall–Kier alpha value is -1.86. The van der Waals surface area contributed by atoms with Crippen LogP contribution in [0.2, 0.25) is 5.15 Å². The van der Waals surface area contributed by atoms with Crippen molar-refractivity contribution in [2.45, 2.75) is 25.0 Å². The lowest BCUT2D eigenvalue weighted by Crippen LogP contribution is -2.22. The van der Waals surface area contributed by atoms with E-state index in [0.717, 1.165) is 11.3 Å². The van der Waals surface area contributed by atoms with Gasteiger partial charge in [0.1, 0.15) is 5.15 Å². The van der Waals surface area contributed by atoms with Gasteiger partial charge in [0.25, 0.3) is 5.56 Å². The monoisotopic (exact) mass is 335 g/mol. The predicted octanol–water partition coefficient (Wildman–Crippen LogP) is 2.58. The van der Waals surface area contributed by atoms with Crippen molar-refractivity contribution in [3.8, 4) is 0 Å². The number of aryl methyl sites for hydroxylation is 1. The Morgan fingerprint density at radius 1 is 1.36 bits per heavy atom. The molecule has 0 amide bonds. The highest BCUT2D eigenvalue weighted by Crippen LogP contribution is 2.22. The average molecular weight is 336 g/mol. The van der Waals surface area contributed by atoms with E-state index in [1.165, 1.54) is 16.3 Å². The number of halogens is 1. The fraction of sp³-hybridized carbons (Fsp3) is 0.286. The molecule has 0 N–H and O–H groups in total. The molecular formula is C14H14ClN5OS. The number of rotatable bonds is 3. The largest absolute Gasteiger partial charge is 0.307 e. The SMILES string of the molecule is CSc1nc2n(C(C)c3ccc(Cl)nc3)c(C)cc(=O)n2n1. The summed E-state index contributed by atoms with van der Waals surface area (Å²) >= 11 is 7.25. The van der Waals surface area contributed by atoms with E-state index in [9.17, 15) is 4.79 Å². The normalized spacial score (nSPS) is 12.7. The zero-order valence-corrected chi connectivity index (χ0v) is 13.9. The van der Waals surface area contributed by atoms with Crippen molar-refractivity contribution in [1.29, 1.82) is 0 Å². The van der Waals surface area contributed by atoms with Crippen molar-refractivity contribution in [1.82, 2.24) is 24.1 Å². The first-order valence-corrected chi connectivity index (χ1v) is 8.26. The molecule has 0 bridgehead atoms. The zero-order valence-electron chi connectivity index (χ0n) is 12.3. The molecule has 0 aliphatic carbocycles. The van der Waals surface area contributed by atoms with Crippen molar-refractivity contribution < 1.29 is 0 Å². The Bertz CT molecular complexity index is 887. The second-order valence-corrected chi connectivity index (χ2v) is 6.06. The lowest BCUT2D eigenvalue weighted by atomic mass is 10.1. The van der Waals surface area contributed by atoms with Gasteiger partial charge in [-0.3, -0.25) is 4.79 Å². The van der Waals surface area contributed by atoms with Crippen LogP contribution in [-0.4, -0.2) is 30.4 Å². The molecule has 0 fully saturated rings. The quantitative estimate of drug-likeness (QED) is 0.543. The first-order valence-electron chi connectivity index (χ1n) is 6.65. The van der Waals surface area contributed by atoms with Crippen molar-refractivity contribution >= 4 is 29.1 Å². The van der Waals surface area contributed by atoms with E-state index in [1.54, 1.807) is 18.3 Å². The lowest BCUT2D eigenvalue weighted by molar-refractivity contribution is 0.610. The smallest absolute Gasteiger partial charge is 0.275 e. The van der Waals surface area contributed by atoms with Crippen LogP contribution in [-0.2, 0) is 0 Å².